The van der Waals surface area contributed by atoms with Crippen LogP contribution >= 0.6 is 23.2 Å². The summed E-state index contributed by atoms with van der Waals surface area (Å²) in [5.74, 6) is -0.373. The van der Waals surface area contributed by atoms with Crippen molar-refractivity contribution >= 4 is 40.7 Å². The maximum atomic E-state index is 12.1. The molecule has 24 heavy (non-hydrogen) atoms. The largest absolute Gasteiger partial charge is 0.495 e. The first-order chi connectivity index (χ1) is 11.4. The third-order valence-electron chi connectivity index (χ3n) is 3.28. The molecule has 0 aromatic heterocycles. The third kappa shape index (κ3) is 4.40. The number of rotatable bonds is 5. The van der Waals surface area contributed by atoms with Crippen LogP contribution in [0.2, 0.25) is 10.0 Å². The van der Waals surface area contributed by atoms with Crippen LogP contribution in [0.3, 0.4) is 0 Å². The van der Waals surface area contributed by atoms with Crippen molar-refractivity contribution < 1.29 is 14.3 Å². The van der Waals surface area contributed by atoms with Crippen molar-refractivity contribution in [2.45, 2.75) is 6.92 Å². The molecule has 7 heteroatoms. The van der Waals surface area contributed by atoms with Crippen molar-refractivity contribution in [3.8, 4) is 5.75 Å². The Labute approximate surface area is 149 Å². The molecule has 0 saturated heterocycles. The van der Waals surface area contributed by atoms with E-state index in [1.165, 1.54) is 7.11 Å². The minimum Gasteiger partial charge on any atom is -0.495 e. The molecule has 0 bridgehead atoms. The standard InChI is InChI=1S/C17H16Cl2N2O3/c1-10-7-14(15(24-2)8-13(10)19)21-16(22)9-20-17(23)11-5-3-4-6-12(11)18/h3-8H,9H2,1-2H3,(H,20,23)(H,21,22). The normalized spacial score (nSPS) is 10.2. The fraction of sp³-hybridized carbons (Fsp3) is 0.176. The maximum Gasteiger partial charge on any atom is 0.253 e. The van der Waals surface area contributed by atoms with E-state index in [0.717, 1.165) is 5.56 Å². The molecule has 0 unspecified atom stereocenters. The Kier molecular flexibility index (Phi) is 6.06. The molecular weight excluding hydrogens is 351 g/mol. The van der Waals surface area contributed by atoms with E-state index in [4.69, 9.17) is 27.9 Å². The molecule has 0 atom stereocenters. The van der Waals surface area contributed by atoms with Gasteiger partial charge in [-0.25, -0.2) is 0 Å². The van der Waals surface area contributed by atoms with Crippen molar-refractivity contribution in [1.82, 2.24) is 5.32 Å². The first-order valence-corrected chi connectivity index (χ1v) is 7.84. The second kappa shape index (κ2) is 8.04. The minimum atomic E-state index is -0.421. The van der Waals surface area contributed by atoms with E-state index in [-0.39, 0.29) is 6.54 Å². The molecule has 2 amide bonds. The van der Waals surface area contributed by atoms with Crippen LogP contribution in [0.5, 0.6) is 5.75 Å². The number of benzene rings is 2. The van der Waals surface area contributed by atoms with Gasteiger partial charge in [-0.05, 0) is 30.7 Å². The summed E-state index contributed by atoms with van der Waals surface area (Å²) in [6, 6.07) is 9.94. The zero-order chi connectivity index (χ0) is 17.7. The highest BCUT2D eigenvalue weighted by Crippen LogP contribution is 2.30. The molecule has 0 spiro atoms. The van der Waals surface area contributed by atoms with Gasteiger partial charge in [0, 0.05) is 11.1 Å². The molecule has 2 aromatic rings. The molecule has 0 saturated carbocycles. The summed E-state index contributed by atoms with van der Waals surface area (Å²) in [7, 11) is 1.48. The van der Waals surface area contributed by atoms with Crippen LogP contribution < -0.4 is 15.4 Å². The third-order valence-corrected chi connectivity index (χ3v) is 4.02. The molecule has 0 aliphatic carbocycles. The Morgan fingerprint density at radius 3 is 2.50 bits per heavy atom. The van der Waals surface area contributed by atoms with Crippen LogP contribution in [0.4, 0.5) is 5.69 Å². The van der Waals surface area contributed by atoms with Crippen molar-refractivity contribution in [3.63, 3.8) is 0 Å². The van der Waals surface area contributed by atoms with E-state index in [9.17, 15) is 9.59 Å². The molecule has 0 fully saturated rings. The number of amides is 2. The van der Waals surface area contributed by atoms with Crippen LogP contribution in [-0.2, 0) is 4.79 Å². The van der Waals surface area contributed by atoms with Gasteiger partial charge < -0.3 is 15.4 Å². The van der Waals surface area contributed by atoms with Crippen LogP contribution in [0.1, 0.15) is 15.9 Å². The van der Waals surface area contributed by atoms with Gasteiger partial charge >= 0.3 is 0 Å². The molecular formula is C17H16Cl2N2O3. The van der Waals surface area contributed by atoms with Gasteiger partial charge in [0.05, 0.1) is 29.9 Å². The quantitative estimate of drug-likeness (QED) is 0.847. The number of nitrogens with one attached hydrogen (secondary N) is 2. The van der Waals surface area contributed by atoms with Crippen molar-refractivity contribution in [1.29, 1.82) is 0 Å². The second-order valence-corrected chi connectivity index (χ2v) is 5.83. The van der Waals surface area contributed by atoms with E-state index in [0.29, 0.717) is 27.0 Å². The summed E-state index contributed by atoms with van der Waals surface area (Å²) >= 11 is 12.0. The molecule has 5 nitrogen and oxygen atoms in total. The average Bonchev–Trinajstić information content (AvgIpc) is 2.56. The molecule has 2 N–H and O–H groups in total. The Balaban J connectivity index is 2.00. The van der Waals surface area contributed by atoms with Crippen LogP contribution in [0, 0.1) is 6.92 Å². The molecule has 2 aromatic carbocycles. The van der Waals surface area contributed by atoms with Crippen molar-refractivity contribution in [3.05, 3.63) is 57.6 Å². The smallest absolute Gasteiger partial charge is 0.253 e. The molecule has 2 rings (SSSR count). The van der Waals surface area contributed by atoms with E-state index in [2.05, 4.69) is 10.6 Å². The lowest BCUT2D eigenvalue weighted by atomic mass is 10.2. The Morgan fingerprint density at radius 1 is 1.12 bits per heavy atom. The predicted molar refractivity (Wildman–Crippen MR) is 95.2 cm³/mol. The Bertz CT molecular complexity index is 778. The van der Waals surface area contributed by atoms with Gasteiger partial charge in [0.2, 0.25) is 5.91 Å². The number of methoxy groups -OCH3 is 1. The summed E-state index contributed by atoms with van der Waals surface area (Å²) in [5, 5.41) is 6.06. The van der Waals surface area contributed by atoms with Gasteiger partial charge in [0.25, 0.3) is 5.91 Å². The van der Waals surface area contributed by atoms with E-state index < -0.39 is 11.8 Å². The highest BCUT2D eigenvalue weighted by atomic mass is 35.5. The van der Waals surface area contributed by atoms with Gasteiger partial charge in [0.1, 0.15) is 5.75 Å². The summed E-state index contributed by atoms with van der Waals surface area (Å²) in [5.41, 5.74) is 1.59. The highest BCUT2D eigenvalue weighted by Gasteiger charge is 2.13. The number of hydrogen-bond donors (Lipinski definition) is 2. The lowest BCUT2D eigenvalue weighted by Crippen LogP contribution is -2.33. The summed E-state index contributed by atoms with van der Waals surface area (Å²) < 4.78 is 5.19. The summed E-state index contributed by atoms with van der Waals surface area (Å²) in [4.78, 5) is 24.1. The highest BCUT2D eigenvalue weighted by molar-refractivity contribution is 6.33. The minimum absolute atomic E-state index is 0.200. The maximum absolute atomic E-state index is 12.1. The Hall–Kier alpha value is -2.24. The molecule has 0 radical (unpaired) electrons. The second-order valence-electron chi connectivity index (χ2n) is 5.01. The monoisotopic (exact) mass is 366 g/mol. The number of ether oxygens (including phenoxy) is 1. The average molecular weight is 367 g/mol. The van der Waals surface area contributed by atoms with Crippen LogP contribution in [-0.4, -0.2) is 25.5 Å². The topological polar surface area (TPSA) is 67.4 Å². The van der Waals surface area contributed by atoms with Gasteiger partial charge in [-0.2, -0.15) is 0 Å². The van der Waals surface area contributed by atoms with Crippen LogP contribution in [0.15, 0.2) is 36.4 Å². The van der Waals surface area contributed by atoms with E-state index in [1.54, 1.807) is 36.4 Å². The molecule has 126 valence electrons. The van der Waals surface area contributed by atoms with Gasteiger partial charge in [-0.15, -0.1) is 0 Å². The van der Waals surface area contributed by atoms with Gasteiger partial charge in [0.15, 0.2) is 0 Å². The van der Waals surface area contributed by atoms with Gasteiger partial charge in [-0.3, -0.25) is 9.59 Å². The van der Waals surface area contributed by atoms with E-state index >= 15 is 0 Å². The lowest BCUT2D eigenvalue weighted by molar-refractivity contribution is -0.115. The first kappa shape index (κ1) is 18.1. The van der Waals surface area contributed by atoms with E-state index in [1.807, 2.05) is 6.92 Å². The SMILES string of the molecule is COc1cc(Cl)c(C)cc1NC(=O)CNC(=O)c1ccccc1Cl. The first-order valence-electron chi connectivity index (χ1n) is 7.09. The predicted octanol–water partition coefficient (Wildman–Crippen LogP) is 3.68. The van der Waals surface area contributed by atoms with Crippen molar-refractivity contribution in [2.75, 3.05) is 19.0 Å². The number of halogens is 2. The van der Waals surface area contributed by atoms with Crippen LogP contribution in [0.25, 0.3) is 0 Å². The Morgan fingerprint density at radius 2 is 1.83 bits per heavy atom. The number of hydrogen-bond acceptors (Lipinski definition) is 3. The fourth-order valence-electron chi connectivity index (χ4n) is 2.03. The number of anilines is 1. The number of carbonyl (C=O) groups excluding carboxylic acids is 2. The zero-order valence-corrected chi connectivity index (χ0v) is 14.7. The van der Waals surface area contributed by atoms with Crippen molar-refractivity contribution in [2.24, 2.45) is 0 Å². The molecule has 0 aliphatic heterocycles. The molecule has 0 heterocycles. The van der Waals surface area contributed by atoms with Gasteiger partial charge in [-0.1, -0.05) is 35.3 Å². The number of carbonyl (C=O) groups is 2. The summed E-state index contributed by atoms with van der Waals surface area (Å²) in [6.07, 6.45) is 0. The number of aryl methyl sites for hydroxylation is 1. The lowest BCUT2D eigenvalue weighted by Gasteiger charge is -2.13. The summed E-state index contributed by atoms with van der Waals surface area (Å²) in [6.45, 7) is 1.62. The zero-order valence-electron chi connectivity index (χ0n) is 13.2. The molecule has 0 aliphatic rings. The fourth-order valence-corrected chi connectivity index (χ4v) is 2.40.